The number of carboxylic acid groups (broad SMARTS) is 1. The third-order valence-electron chi connectivity index (χ3n) is 5.35. The maximum atomic E-state index is 13.0. The van der Waals surface area contributed by atoms with Crippen LogP contribution >= 0.6 is 0 Å². The molecule has 4 amide bonds. The van der Waals surface area contributed by atoms with Gasteiger partial charge in [-0.25, -0.2) is 4.79 Å². The van der Waals surface area contributed by atoms with Gasteiger partial charge in [-0.15, -0.1) is 0 Å². The minimum atomic E-state index is -1.19. The maximum Gasteiger partial charge on any atom is 0.326 e. The smallest absolute Gasteiger partial charge is 0.326 e. The van der Waals surface area contributed by atoms with Crippen LogP contribution in [-0.4, -0.2) is 65.4 Å². The van der Waals surface area contributed by atoms with Crippen molar-refractivity contribution in [3.63, 3.8) is 0 Å². The average molecular weight is 470 g/mol. The van der Waals surface area contributed by atoms with Gasteiger partial charge in [0.05, 0.1) is 6.04 Å². The van der Waals surface area contributed by atoms with E-state index in [1.807, 2.05) is 27.7 Å². The molecule has 0 bridgehead atoms. The second-order valence-corrected chi connectivity index (χ2v) is 9.43. The Balaban J connectivity index is 2.94. The summed E-state index contributed by atoms with van der Waals surface area (Å²) < 4.78 is 0. The molecule has 0 radical (unpaired) electrons. The standard InChI is InChI=1S/C22H39N5O6/c1-12(2)10-16(26-19(29)14-6-5-9-24-14)21(31)25-15(7-8-18(23)28)20(30)27-17(22(32)33)11-13(3)4/h12-17,24H,5-11H2,1-4H3,(H2,23,28)(H,25,31)(H,26,29)(H,27,30)(H,32,33). The van der Waals surface area contributed by atoms with Crippen molar-refractivity contribution in [1.29, 1.82) is 0 Å². The number of hydrogen-bond donors (Lipinski definition) is 6. The highest BCUT2D eigenvalue weighted by Gasteiger charge is 2.32. The van der Waals surface area contributed by atoms with Crippen LogP contribution in [-0.2, 0) is 24.0 Å². The Morgan fingerprint density at radius 2 is 1.45 bits per heavy atom. The van der Waals surface area contributed by atoms with Gasteiger partial charge in [-0.1, -0.05) is 27.7 Å². The lowest BCUT2D eigenvalue weighted by Crippen LogP contribution is -2.57. The van der Waals surface area contributed by atoms with Crippen LogP contribution in [0.5, 0.6) is 0 Å². The molecule has 0 aliphatic carbocycles. The first-order valence-corrected chi connectivity index (χ1v) is 11.6. The van der Waals surface area contributed by atoms with E-state index in [2.05, 4.69) is 21.3 Å². The van der Waals surface area contributed by atoms with Crippen LogP contribution in [0.4, 0.5) is 0 Å². The molecule has 7 N–H and O–H groups in total. The van der Waals surface area contributed by atoms with Crippen LogP contribution in [0.3, 0.4) is 0 Å². The van der Waals surface area contributed by atoms with Gasteiger partial charge in [-0.2, -0.15) is 0 Å². The molecular weight excluding hydrogens is 430 g/mol. The van der Waals surface area contributed by atoms with Crippen LogP contribution in [0.25, 0.3) is 0 Å². The first-order chi connectivity index (χ1) is 15.4. The summed E-state index contributed by atoms with van der Waals surface area (Å²) in [6, 6.07) is -3.55. The van der Waals surface area contributed by atoms with Crippen molar-refractivity contribution in [2.24, 2.45) is 17.6 Å². The van der Waals surface area contributed by atoms with Crippen molar-refractivity contribution in [3.8, 4) is 0 Å². The molecule has 11 nitrogen and oxygen atoms in total. The molecule has 4 atom stereocenters. The first-order valence-electron chi connectivity index (χ1n) is 11.6. The van der Waals surface area contributed by atoms with Crippen LogP contribution in [0, 0.1) is 11.8 Å². The predicted molar refractivity (Wildman–Crippen MR) is 122 cm³/mol. The Morgan fingerprint density at radius 1 is 0.909 bits per heavy atom. The molecule has 0 spiro atoms. The van der Waals surface area contributed by atoms with E-state index in [-0.39, 0.29) is 43.0 Å². The van der Waals surface area contributed by atoms with Gasteiger partial charge in [0.25, 0.3) is 0 Å². The number of hydrogen-bond acceptors (Lipinski definition) is 6. The van der Waals surface area contributed by atoms with Gasteiger partial charge in [0.15, 0.2) is 0 Å². The van der Waals surface area contributed by atoms with Crippen molar-refractivity contribution in [2.45, 2.75) is 90.4 Å². The lowest BCUT2D eigenvalue weighted by atomic mass is 10.0. The van der Waals surface area contributed by atoms with Crippen LogP contribution < -0.4 is 27.0 Å². The topological polar surface area (TPSA) is 180 Å². The third-order valence-corrected chi connectivity index (χ3v) is 5.35. The molecule has 0 aromatic rings. The minimum Gasteiger partial charge on any atom is -0.480 e. The van der Waals surface area contributed by atoms with E-state index in [1.54, 1.807) is 0 Å². The Kier molecular flexibility index (Phi) is 11.8. The zero-order chi connectivity index (χ0) is 25.1. The molecule has 11 heteroatoms. The molecular formula is C22H39N5O6. The van der Waals surface area contributed by atoms with Gasteiger partial charge in [-0.3, -0.25) is 19.2 Å². The molecule has 188 valence electrons. The van der Waals surface area contributed by atoms with E-state index in [0.29, 0.717) is 12.8 Å². The quantitative estimate of drug-likeness (QED) is 0.201. The number of carbonyl (C=O) groups is 5. The third kappa shape index (κ3) is 10.6. The van der Waals surface area contributed by atoms with Gasteiger partial charge >= 0.3 is 5.97 Å². The fourth-order valence-electron chi connectivity index (χ4n) is 3.68. The van der Waals surface area contributed by atoms with Crippen molar-refractivity contribution < 1.29 is 29.1 Å². The highest BCUT2D eigenvalue weighted by molar-refractivity contribution is 5.94. The van der Waals surface area contributed by atoms with Gasteiger partial charge in [0.1, 0.15) is 18.1 Å². The normalized spacial score (nSPS) is 18.4. The molecule has 1 aliphatic heterocycles. The number of rotatable bonds is 14. The second-order valence-electron chi connectivity index (χ2n) is 9.43. The largest absolute Gasteiger partial charge is 0.480 e. The zero-order valence-corrected chi connectivity index (χ0v) is 20.0. The molecule has 0 aromatic heterocycles. The minimum absolute atomic E-state index is 0.0138. The SMILES string of the molecule is CC(C)CC(NC(=O)C(CCC(N)=O)NC(=O)C(CC(C)C)NC(=O)C1CCCN1)C(=O)O. The number of aliphatic carboxylic acids is 1. The van der Waals surface area contributed by atoms with E-state index < -0.39 is 41.8 Å². The van der Waals surface area contributed by atoms with Gasteiger partial charge in [0, 0.05) is 6.42 Å². The monoisotopic (exact) mass is 469 g/mol. The summed E-state index contributed by atoms with van der Waals surface area (Å²) in [6.07, 6.45) is 1.84. The summed E-state index contributed by atoms with van der Waals surface area (Å²) in [5.74, 6) is -3.32. The number of nitrogens with two attached hydrogens (primary N) is 1. The van der Waals surface area contributed by atoms with Crippen molar-refractivity contribution in [1.82, 2.24) is 21.3 Å². The Hall–Kier alpha value is -2.69. The molecule has 4 unspecified atom stereocenters. The van der Waals surface area contributed by atoms with Crippen LogP contribution in [0.1, 0.15) is 66.2 Å². The molecule has 1 aliphatic rings. The molecule has 1 fully saturated rings. The number of carboxylic acids is 1. The van der Waals surface area contributed by atoms with E-state index >= 15 is 0 Å². The first kappa shape index (κ1) is 28.3. The summed E-state index contributed by atoms with van der Waals surface area (Å²) >= 11 is 0. The molecule has 1 rings (SSSR count). The lowest BCUT2D eigenvalue weighted by molar-refractivity contribution is -0.143. The summed E-state index contributed by atoms with van der Waals surface area (Å²) in [4.78, 5) is 61.2. The summed E-state index contributed by atoms with van der Waals surface area (Å²) in [6.45, 7) is 8.19. The highest BCUT2D eigenvalue weighted by Crippen LogP contribution is 2.11. The van der Waals surface area contributed by atoms with Crippen molar-refractivity contribution in [3.05, 3.63) is 0 Å². The average Bonchev–Trinajstić information content (AvgIpc) is 3.23. The molecule has 33 heavy (non-hydrogen) atoms. The van der Waals surface area contributed by atoms with E-state index in [1.165, 1.54) is 0 Å². The van der Waals surface area contributed by atoms with E-state index in [9.17, 15) is 29.1 Å². The van der Waals surface area contributed by atoms with Gasteiger partial charge < -0.3 is 32.1 Å². The van der Waals surface area contributed by atoms with E-state index in [4.69, 9.17) is 5.73 Å². The molecule has 1 saturated heterocycles. The van der Waals surface area contributed by atoms with Gasteiger partial charge in [-0.05, 0) is 50.5 Å². The Bertz CT molecular complexity index is 705. The number of nitrogens with one attached hydrogen (secondary N) is 4. The summed E-state index contributed by atoms with van der Waals surface area (Å²) in [5.41, 5.74) is 5.21. The van der Waals surface area contributed by atoms with Crippen molar-refractivity contribution >= 4 is 29.6 Å². The van der Waals surface area contributed by atoms with Crippen molar-refractivity contribution in [2.75, 3.05) is 6.54 Å². The maximum absolute atomic E-state index is 13.0. The fourth-order valence-corrected chi connectivity index (χ4v) is 3.68. The Morgan fingerprint density at radius 3 is 1.94 bits per heavy atom. The molecule has 1 heterocycles. The lowest BCUT2D eigenvalue weighted by Gasteiger charge is -2.26. The van der Waals surface area contributed by atoms with Gasteiger partial charge in [0.2, 0.25) is 23.6 Å². The highest BCUT2D eigenvalue weighted by atomic mass is 16.4. The van der Waals surface area contributed by atoms with Crippen LogP contribution in [0.2, 0.25) is 0 Å². The molecule has 0 aromatic carbocycles. The predicted octanol–water partition coefficient (Wildman–Crippen LogP) is -0.365. The van der Waals surface area contributed by atoms with E-state index in [0.717, 1.165) is 13.0 Å². The summed E-state index contributed by atoms with van der Waals surface area (Å²) in [7, 11) is 0. The molecule has 0 saturated carbocycles. The Labute approximate surface area is 195 Å². The second kappa shape index (κ2) is 13.8. The van der Waals surface area contributed by atoms with Crippen LogP contribution in [0.15, 0.2) is 0 Å². The number of amides is 4. The number of carbonyl (C=O) groups excluding carboxylic acids is 4. The summed E-state index contributed by atoms with van der Waals surface area (Å²) in [5, 5.41) is 20.3. The number of primary amides is 1. The fraction of sp³-hybridized carbons (Fsp3) is 0.773. The zero-order valence-electron chi connectivity index (χ0n) is 20.0.